The third-order valence-electron chi connectivity index (χ3n) is 2.91. The summed E-state index contributed by atoms with van der Waals surface area (Å²) in [4.78, 5) is 21.8. The summed E-state index contributed by atoms with van der Waals surface area (Å²) in [5.41, 5.74) is 5.84. The Bertz CT molecular complexity index is 682. The van der Waals surface area contributed by atoms with E-state index in [9.17, 15) is 18.0 Å². The van der Waals surface area contributed by atoms with Gasteiger partial charge in [0.15, 0.2) is 0 Å². The summed E-state index contributed by atoms with van der Waals surface area (Å²) in [5.74, 6) is -1.83. The maximum atomic E-state index is 12.3. The number of nitrogens with two attached hydrogens (primary N) is 1. The fourth-order valence-electron chi connectivity index (χ4n) is 2.02. The number of benzene rings is 1. The number of hydrogen-bond donors (Lipinski definition) is 3. The average Bonchev–Trinajstić information content (AvgIpc) is 2.25. The van der Waals surface area contributed by atoms with E-state index in [1.54, 1.807) is 13.8 Å². The SMILES string of the molecule is Cc1cc(C)c(S(=O)(=O)NC(C)CC(N)=O)cc1C(=O)O. The molecule has 1 rings (SSSR count). The summed E-state index contributed by atoms with van der Waals surface area (Å²) in [6.07, 6.45) is -0.143. The van der Waals surface area contributed by atoms with E-state index in [1.165, 1.54) is 13.0 Å². The molecule has 0 saturated carbocycles. The quantitative estimate of drug-likeness (QED) is 0.706. The van der Waals surface area contributed by atoms with E-state index < -0.39 is 27.9 Å². The summed E-state index contributed by atoms with van der Waals surface area (Å²) >= 11 is 0. The highest BCUT2D eigenvalue weighted by atomic mass is 32.2. The van der Waals surface area contributed by atoms with Crippen molar-refractivity contribution in [2.75, 3.05) is 0 Å². The number of aryl methyl sites for hydroxylation is 2. The van der Waals surface area contributed by atoms with Crippen LogP contribution in [-0.4, -0.2) is 31.4 Å². The lowest BCUT2D eigenvalue weighted by molar-refractivity contribution is -0.118. The molecular formula is C13H18N2O5S. The summed E-state index contributed by atoms with van der Waals surface area (Å²) in [6.45, 7) is 4.67. The molecular weight excluding hydrogens is 296 g/mol. The Kier molecular flexibility index (Phi) is 5.08. The van der Waals surface area contributed by atoms with Crippen LogP contribution in [0.2, 0.25) is 0 Å². The highest BCUT2D eigenvalue weighted by molar-refractivity contribution is 7.89. The van der Waals surface area contributed by atoms with Crippen LogP contribution in [0.4, 0.5) is 0 Å². The molecule has 21 heavy (non-hydrogen) atoms. The molecule has 7 nitrogen and oxygen atoms in total. The predicted molar refractivity (Wildman–Crippen MR) is 76.5 cm³/mol. The Morgan fingerprint density at radius 2 is 1.86 bits per heavy atom. The van der Waals surface area contributed by atoms with Gasteiger partial charge in [-0.2, -0.15) is 0 Å². The Balaban J connectivity index is 3.22. The number of sulfonamides is 1. The summed E-state index contributed by atoms with van der Waals surface area (Å²) in [6, 6.07) is 1.93. The molecule has 0 aliphatic carbocycles. The van der Waals surface area contributed by atoms with Gasteiger partial charge in [0.05, 0.1) is 10.5 Å². The number of carbonyl (C=O) groups excluding carboxylic acids is 1. The zero-order valence-electron chi connectivity index (χ0n) is 12.0. The van der Waals surface area contributed by atoms with Gasteiger partial charge >= 0.3 is 5.97 Å². The molecule has 4 N–H and O–H groups in total. The van der Waals surface area contributed by atoms with Gasteiger partial charge in [0.25, 0.3) is 0 Å². The first-order valence-corrected chi connectivity index (χ1v) is 7.68. The van der Waals surface area contributed by atoms with Crippen LogP contribution < -0.4 is 10.5 Å². The van der Waals surface area contributed by atoms with Crippen LogP contribution in [0.15, 0.2) is 17.0 Å². The van der Waals surface area contributed by atoms with Crippen molar-refractivity contribution in [1.82, 2.24) is 4.72 Å². The first kappa shape index (κ1) is 17.1. The van der Waals surface area contributed by atoms with Crippen LogP contribution in [0.1, 0.15) is 34.8 Å². The minimum absolute atomic E-state index is 0.0801. The lowest BCUT2D eigenvalue weighted by atomic mass is 10.1. The molecule has 0 aliphatic heterocycles. The normalized spacial score (nSPS) is 12.9. The molecule has 0 fully saturated rings. The van der Waals surface area contributed by atoms with Crippen molar-refractivity contribution in [2.45, 2.75) is 38.1 Å². The fourth-order valence-corrected chi connectivity index (χ4v) is 3.52. The number of rotatable bonds is 6. The largest absolute Gasteiger partial charge is 0.478 e. The van der Waals surface area contributed by atoms with Crippen LogP contribution in [-0.2, 0) is 14.8 Å². The topological polar surface area (TPSA) is 127 Å². The number of carboxylic acid groups (broad SMARTS) is 1. The van der Waals surface area contributed by atoms with Gasteiger partial charge in [-0.3, -0.25) is 4.79 Å². The van der Waals surface area contributed by atoms with Crippen LogP contribution in [0.3, 0.4) is 0 Å². The standard InChI is InChI=1S/C13H18N2O5S/c1-7-4-8(2)11(6-10(7)13(17)18)21(19,20)15-9(3)5-12(14)16/h4,6,9,15H,5H2,1-3H3,(H2,14,16)(H,17,18). The first-order chi connectivity index (χ1) is 9.54. The molecule has 0 spiro atoms. The van der Waals surface area contributed by atoms with Crippen LogP contribution in [0, 0.1) is 13.8 Å². The lowest BCUT2D eigenvalue weighted by Gasteiger charge is -2.15. The molecule has 0 radical (unpaired) electrons. The van der Waals surface area contributed by atoms with Gasteiger partial charge in [-0.05, 0) is 38.0 Å². The molecule has 8 heteroatoms. The van der Waals surface area contributed by atoms with Crippen molar-refractivity contribution in [3.8, 4) is 0 Å². The van der Waals surface area contributed by atoms with E-state index in [-0.39, 0.29) is 16.9 Å². The van der Waals surface area contributed by atoms with Crippen molar-refractivity contribution in [3.63, 3.8) is 0 Å². The third kappa shape index (κ3) is 4.27. The number of carbonyl (C=O) groups is 2. The molecule has 1 aromatic rings. The number of aromatic carboxylic acids is 1. The minimum Gasteiger partial charge on any atom is -0.478 e. The van der Waals surface area contributed by atoms with Gasteiger partial charge in [-0.25, -0.2) is 17.9 Å². The molecule has 0 saturated heterocycles. The van der Waals surface area contributed by atoms with Gasteiger partial charge in [-0.15, -0.1) is 0 Å². The summed E-state index contributed by atoms with van der Waals surface area (Å²) in [5, 5.41) is 9.07. The minimum atomic E-state index is -3.93. The highest BCUT2D eigenvalue weighted by Gasteiger charge is 2.23. The molecule has 0 bridgehead atoms. The summed E-state index contributed by atoms with van der Waals surface area (Å²) in [7, 11) is -3.93. The van der Waals surface area contributed by atoms with E-state index in [4.69, 9.17) is 10.8 Å². The number of primary amides is 1. The molecule has 1 atom stereocenters. The number of hydrogen-bond acceptors (Lipinski definition) is 4. The summed E-state index contributed by atoms with van der Waals surface area (Å²) < 4.78 is 26.9. The van der Waals surface area contributed by atoms with Crippen LogP contribution in [0.5, 0.6) is 0 Å². The van der Waals surface area contributed by atoms with Gasteiger partial charge in [0.1, 0.15) is 0 Å². The number of nitrogens with one attached hydrogen (secondary N) is 1. The Morgan fingerprint density at radius 3 is 2.33 bits per heavy atom. The van der Waals surface area contributed by atoms with Gasteiger partial charge in [-0.1, -0.05) is 6.07 Å². The maximum absolute atomic E-state index is 12.3. The van der Waals surface area contributed by atoms with Crippen molar-refractivity contribution < 1.29 is 23.1 Å². The monoisotopic (exact) mass is 314 g/mol. The van der Waals surface area contributed by atoms with Crippen molar-refractivity contribution in [2.24, 2.45) is 5.73 Å². The highest BCUT2D eigenvalue weighted by Crippen LogP contribution is 2.21. The molecule has 1 aromatic carbocycles. The van der Waals surface area contributed by atoms with E-state index in [0.717, 1.165) is 6.07 Å². The zero-order valence-corrected chi connectivity index (χ0v) is 12.8. The van der Waals surface area contributed by atoms with Crippen molar-refractivity contribution in [1.29, 1.82) is 0 Å². The van der Waals surface area contributed by atoms with Crippen LogP contribution >= 0.6 is 0 Å². The van der Waals surface area contributed by atoms with Gasteiger partial charge < -0.3 is 10.8 Å². The van der Waals surface area contributed by atoms with Crippen molar-refractivity contribution >= 4 is 21.9 Å². The molecule has 0 aromatic heterocycles. The molecule has 1 amide bonds. The van der Waals surface area contributed by atoms with E-state index in [2.05, 4.69) is 4.72 Å². The number of carboxylic acids is 1. The zero-order chi connectivity index (χ0) is 16.4. The molecule has 1 unspecified atom stereocenters. The Hall–Kier alpha value is -1.93. The number of amides is 1. The second-order valence-electron chi connectivity index (χ2n) is 4.93. The molecule has 116 valence electrons. The average molecular weight is 314 g/mol. The molecule has 0 heterocycles. The van der Waals surface area contributed by atoms with E-state index in [0.29, 0.717) is 11.1 Å². The van der Waals surface area contributed by atoms with E-state index in [1.807, 2.05) is 0 Å². The van der Waals surface area contributed by atoms with Gasteiger partial charge in [0, 0.05) is 12.5 Å². The van der Waals surface area contributed by atoms with E-state index >= 15 is 0 Å². The fraction of sp³-hybridized carbons (Fsp3) is 0.385. The van der Waals surface area contributed by atoms with Crippen LogP contribution in [0.25, 0.3) is 0 Å². The lowest BCUT2D eigenvalue weighted by Crippen LogP contribution is -2.36. The maximum Gasteiger partial charge on any atom is 0.335 e. The Labute approximate surface area is 123 Å². The first-order valence-electron chi connectivity index (χ1n) is 6.19. The van der Waals surface area contributed by atoms with Gasteiger partial charge in [0.2, 0.25) is 15.9 Å². The van der Waals surface area contributed by atoms with Crippen molar-refractivity contribution in [3.05, 3.63) is 28.8 Å². The third-order valence-corrected chi connectivity index (χ3v) is 4.64. The smallest absolute Gasteiger partial charge is 0.335 e. The second kappa shape index (κ2) is 6.23. The second-order valence-corrected chi connectivity index (χ2v) is 6.61. The predicted octanol–water partition coefficient (Wildman–Crippen LogP) is 0.544. The Morgan fingerprint density at radius 1 is 1.29 bits per heavy atom. The molecule has 0 aliphatic rings.